The predicted molar refractivity (Wildman–Crippen MR) is 108 cm³/mol. The summed E-state index contributed by atoms with van der Waals surface area (Å²) in [5.41, 5.74) is 3.03. The molecule has 3 rings (SSSR count). The van der Waals surface area contributed by atoms with Gasteiger partial charge in [-0.05, 0) is 31.5 Å². The van der Waals surface area contributed by atoms with E-state index in [4.69, 9.17) is 0 Å². The minimum Gasteiger partial charge on any atom is -0.328 e. The summed E-state index contributed by atoms with van der Waals surface area (Å²) in [6, 6.07) is 14.4. The van der Waals surface area contributed by atoms with Crippen LogP contribution in [0.5, 0.6) is 0 Å². The van der Waals surface area contributed by atoms with Crippen LogP contribution in [0.25, 0.3) is 0 Å². The molecule has 0 unspecified atom stereocenters. The fourth-order valence-corrected chi connectivity index (χ4v) is 3.12. The predicted octanol–water partition coefficient (Wildman–Crippen LogP) is 2.01. The van der Waals surface area contributed by atoms with Crippen LogP contribution in [-0.4, -0.2) is 52.9 Å². The molecule has 0 bridgehead atoms. The van der Waals surface area contributed by atoms with Gasteiger partial charge < -0.3 is 15.1 Å². The van der Waals surface area contributed by atoms with E-state index in [1.165, 1.54) is 16.7 Å². The zero-order valence-corrected chi connectivity index (χ0v) is 16.5. The summed E-state index contributed by atoms with van der Waals surface area (Å²) in [6.07, 6.45) is 0. The fraction of sp³-hybridized carbons (Fsp3) is 0.273. The molecular formula is C22H23N3O4. The average Bonchev–Trinajstić information content (AvgIpc) is 2.69. The SMILES string of the molecule is CC(=O)c1cccc(NC(=O)CN2CCN(Cc3ccc(C)cc3)C(=O)C2=O)c1. The zero-order chi connectivity index (χ0) is 21.0. The number of Topliss-reactive ketones (excluding diaryl/α,β-unsaturated/α-hetero) is 1. The number of aryl methyl sites for hydroxylation is 1. The Kier molecular flexibility index (Phi) is 6.07. The summed E-state index contributed by atoms with van der Waals surface area (Å²) in [7, 11) is 0. The van der Waals surface area contributed by atoms with Crippen LogP contribution < -0.4 is 5.32 Å². The van der Waals surface area contributed by atoms with Crippen molar-refractivity contribution in [1.82, 2.24) is 9.80 Å². The lowest BCUT2D eigenvalue weighted by Gasteiger charge is -2.33. The van der Waals surface area contributed by atoms with Crippen molar-refractivity contribution in [2.75, 3.05) is 25.0 Å². The van der Waals surface area contributed by atoms with Crippen molar-refractivity contribution in [2.24, 2.45) is 0 Å². The van der Waals surface area contributed by atoms with Crippen molar-refractivity contribution >= 4 is 29.2 Å². The molecule has 29 heavy (non-hydrogen) atoms. The first-order valence-electron chi connectivity index (χ1n) is 9.38. The highest BCUT2D eigenvalue weighted by atomic mass is 16.2. The van der Waals surface area contributed by atoms with Gasteiger partial charge in [-0.1, -0.05) is 42.0 Å². The molecule has 1 N–H and O–H groups in total. The van der Waals surface area contributed by atoms with E-state index in [0.29, 0.717) is 24.3 Å². The average molecular weight is 393 g/mol. The van der Waals surface area contributed by atoms with Crippen molar-refractivity contribution in [3.8, 4) is 0 Å². The maximum absolute atomic E-state index is 12.4. The van der Waals surface area contributed by atoms with E-state index in [0.717, 1.165) is 11.1 Å². The van der Waals surface area contributed by atoms with Crippen LogP contribution in [-0.2, 0) is 20.9 Å². The van der Waals surface area contributed by atoms with E-state index in [2.05, 4.69) is 5.32 Å². The summed E-state index contributed by atoms with van der Waals surface area (Å²) < 4.78 is 0. The number of rotatable bonds is 6. The molecule has 1 aliphatic heterocycles. The van der Waals surface area contributed by atoms with E-state index in [-0.39, 0.29) is 18.9 Å². The van der Waals surface area contributed by atoms with Crippen molar-refractivity contribution in [2.45, 2.75) is 20.4 Å². The smallest absolute Gasteiger partial charge is 0.312 e. The number of piperazine rings is 1. The number of hydrogen-bond donors (Lipinski definition) is 1. The first-order chi connectivity index (χ1) is 13.8. The summed E-state index contributed by atoms with van der Waals surface area (Å²) in [4.78, 5) is 51.4. The largest absolute Gasteiger partial charge is 0.328 e. The normalized spacial score (nSPS) is 14.1. The lowest BCUT2D eigenvalue weighted by Crippen LogP contribution is -2.55. The quantitative estimate of drug-likeness (QED) is 0.601. The maximum Gasteiger partial charge on any atom is 0.312 e. The van der Waals surface area contributed by atoms with Crippen molar-refractivity contribution in [1.29, 1.82) is 0 Å². The number of anilines is 1. The Morgan fingerprint density at radius 3 is 2.31 bits per heavy atom. The van der Waals surface area contributed by atoms with E-state index >= 15 is 0 Å². The number of amides is 3. The molecule has 1 heterocycles. The minimum absolute atomic E-state index is 0.105. The standard InChI is InChI=1S/C22H23N3O4/c1-15-6-8-17(9-7-15)13-24-10-11-25(22(29)21(24)28)14-20(27)23-19-5-3-4-18(12-19)16(2)26/h3-9,12H,10-11,13-14H2,1-2H3,(H,23,27). The number of carbonyl (C=O) groups excluding carboxylic acids is 4. The number of ketones is 1. The van der Waals surface area contributed by atoms with Gasteiger partial charge >= 0.3 is 11.8 Å². The van der Waals surface area contributed by atoms with Crippen LogP contribution in [0.2, 0.25) is 0 Å². The number of hydrogen-bond acceptors (Lipinski definition) is 4. The van der Waals surface area contributed by atoms with Crippen molar-refractivity contribution in [3.05, 3.63) is 65.2 Å². The first-order valence-corrected chi connectivity index (χ1v) is 9.38. The zero-order valence-electron chi connectivity index (χ0n) is 16.5. The second-order valence-electron chi connectivity index (χ2n) is 7.12. The molecule has 2 aromatic carbocycles. The second kappa shape index (κ2) is 8.68. The highest BCUT2D eigenvalue weighted by molar-refractivity contribution is 6.35. The Hall–Kier alpha value is -3.48. The number of nitrogens with zero attached hydrogens (tertiary/aromatic N) is 2. The van der Waals surface area contributed by atoms with Gasteiger partial charge in [0, 0.05) is 30.9 Å². The molecule has 0 radical (unpaired) electrons. The number of nitrogens with one attached hydrogen (secondary N) is 1. The number of carbonyl (C=O) groups is 4. The van der Waals surface area contributed by atoms with Crippen LogP contribution in [0.3, 0.4) is 0 Å². The third-order valence-corrected chi connectivity index (χ3v) is 4.78. The van der Waals surface area contributed by atoms with Gasteiger partial charge in [0.15, 0.2) is 5.78 Å². The molecule has 7 heteroatoms. The van der Waals surface area contributed by atoms with Gasteiger partial charge in [-0.15, -0.1) is 0 Å². The van der Waals surface area contributed by atoms with Gasteiger partial charge in [0.1, 0.15) is 6.54 Å². The van der Waals surface area contributed by atoms with E-state index < -0.39 is 17.7 Å². The Bertz CT molecular complexity index is 953. The van der Waals surface area contributed by atoms with Gasteiger partial charge in [-0.2, -0.15) is 0 Å². The van der Waals surface area contributed by atoms with Crippen LogP contribution in [0.1, 0.15) is 28.4 Å². The molecule has 3 amide bonds. The van der Waals surface area contributed by atoms with Crippen LogP contribution in [0.4, 0.5) is 5.69 Å². The molecule has 0 atom stereocenters. The maximum atomic E-state index is 12.4. The molecule has 0 aliphatic carbocycles. The van der Waals surface area contributed by atoms with E-state index in [1.54, 1.807) is 24.3 Å². The topological polar surface area (TPSA) is 86.8 Å². The Morgan fingerprint density at radius 2 is 1.62 bits per heavy atom. The van der Waals surface area contributed by atoms with E-state index in [1.807, 2.05) is 31.2 Å². The Labute approximate surface area is 169 Å². The minimum atomic E-state index is -0.684. The summed E-state index contributed by atoms with van der Waals surface area (Å²) >= 11 is 0. The monoisotopic (exact) mass is 393 g/mol. The fourth-order valence-electron chi connectivity index (χ4n) is 3.12. The lowest BCUT2D eigenvalue weighted by atomic mass is 10.1. The van der Waals surface area contributed by atoms with Crippen molar-refractivity contribution < 1.29 is 19.2 Å². The molecule has 0 aromatic heterocycles. The Balaban J connectivity index is 1.57. The van der Waals surface area contributed by atoms with E-state index in [9.17, 15) is 19.2 Å². The molecule has 150 valence electrons. The molecule has 1 saturated heterocycles. The summed E-state index contributed by atoms with van der Waals surface area (Å²) in [5, 5.41) is 2.67. The van der Waals surface area contributed by atoms with Crippen molar-refractivity contribution in [3.63, 3.8) is 0 Å². The lowest BCUT2D eigenvalue weighted by molar-refractivity contribution is -0.157. The van der Waals surface area contributed by atoms with Gasteiger partial charge in [0.25, 0.3) is 0 Å². The van der Waals surface area contributed by atoms with Gasteiger partial charge in [-0.3, -0.25) is 19.2 Å². The highest BCUT2D eigenvalue weighted by Crippen LogP contribution is 2.14. The summed E-state index contributed by atoms with van der Waals surface area (Å²) in [6.45, 7) is 4.23. The molecule has 7 nitrogen and oxygen atoms in total. The van der Waals surface area contributed by atoms with Crippen LogP contribution in [0.15, 0.2) is 48.5 Å². The van der Waals surface area contributed by atoms with Crippen LogP contribution >= 0.6 is 0 Å². The molecule has 0 spiro atoms. The third-order valence-electron chi connectivity index (χ3n) is 4.78. The second-order valence-corrected chi connectivity index (χ2v) is 7.12. The number of benzene rings is 2. The summed E-state index contributed by atoms with van der Waals surface area (Å²) in [5.74, 6) is -1.82. The molecule has 2 aromatic rings. The first kappa shape index (κ1) is 20.3. The van der Waals surface area contributed by atoms with Crippen LogP contribution in [0, 0.1) is 6.92 Å². The molecular weight excluding hydrogens is 370 g/mol. The molecule has 1 aliphatic rings. The van der Waals surface area contributed by atoms with Gasteiger partial charge in [-0.25, -0.2) is 0 Å². The van der Waals surface area contributed by atoms with Gasteiger partial charge in [0.2, 0.25) is 5.91 Å². The van der Waals surface area contributed by atoms with Gasteiger partial charge in [0.05, 0.1) is 0 Å². The molecule has 1 fully saturated rings. The Morgan fingerprint density at radius 1 is 0.966 bits per heavy atom. The highest BCUT2D eigenvalue weighted by Gasteiger charge is 2.33. The third kappa shape index (κ3) is 5.07. The molecule has 0 saturated carbocycles.